The second-order valence-corrected chi connectivity index (χ2v) is 8.19. The van der Waals surface area contributed by atoms with E-state index in [-0.39, 0.29) is 16.9 Å². The zero-order valence-corrected chi connectivity index (χ0v) is 15.3. The summed E-state index contributed by atoms with van der Waals surface area (Å²) in [5.41, 5.74) is 1.67. The molecule has 1 aliphatic rings. The number of halogens is 2. The van der Waals surface area contributed by atoms with Gasteiger partial charge in [0.05, 0.1) is 11.0 Å². The largest absolute Gasteiger partial charge is 0.380 e. The third kappa shape index (κ3) is 3.62. The third-order valence-corrected chi connectivity index (χ3v) is 7.24. The van der Waals surface area contributed by atoms with Crippen LogP contribution in [0.4, 0.5) is 0 Å². The second kappa shape index (κ2) is 6.96. The number of aryl methyl sites for hydroxylation is 1. The maximum Gasteiger partial charge on any atom is 0.244 e. The van der Waals surface area contributed by atoms with Crippen molar-refractivity contribution in [2.45, 2.75) is 36.6 Å². The minimum atomic E-state index is -3.54. The quantitative estimate of drug-likeness (QED) is 0.734. The highest BCUT2D eigenvalue weighted by molar-refractivity contribution is 9.10. The number of hydrogen-bond acceptors (Lipinski definition) is 3. The SMILES string of the molecule is COC1CCCN(S(=O)(=O)c2cc(CCl)cc(C)c2Br)C1. The monoisotopic (exact) mass is 395 g/mol. The van der Waals surface area contributed by atoms with Crippen LogP contribution in [0, 0.1) is 6.92 Å². The molecule has 7 heteroatoms. The van der Waals surface area contributed by atoms with Crippen LogP contribution in [0.1, 0.15) is 24.0 Å². The molecule has 1 unspecified atom stereocenters. The molecule has 0 aromatic heterocycles. The van der Waals surface area contributed by atoms with Crippen LogP contribution in [0.2, 0.25) is 0 Å². The molecule has 1 heterocycles. The van der Waals surface area contributed by atoms with Crippen LogP contribution < -0.4 is 0 Å². The maximum absolute atomic E-state index is 12.9. The van der Waals surface area contributed by atoms with Gasteiger partial charge >= 0.3 is 0 Å². The lowest BCUT2D eigenvalue weighted by molar-refractivity contribution is 0.0571. The topological polar surface area (TPSA) is 46.6 Å². The fourth-order valence-corrected chi connectivity index (χ4v) is 5.22. The number of hydrogen-bond donors (Lipinski definition) is 0. The lowest BCUT2D eigenvalue weighted by atomic mass is 10.1. The lowest BCUT2D eigenvalue weighted by Crippen LogP contribution is -2.42. The van der Waals surface area contributed by atoms with Gasteiger partial charge in [0, 0.05) is 30.6 Å². The number of rotatable bonds is 4. The van der Waals surface area contributed by atoms with Gasteiger partial charge in [-0.05, 0) is 52.9 Å². The Morgan fingerprint density at radius 3 is 2.81 bits per heavy atom. The number of nitrogens with zero attached hydrogens (tertiary/aromatic N) is 1. The van der Waals surface area contributed by atoms with Crippen molar-refractivity contribution in [2.75, 3.05) is 20.2 Å². The number of alkyl halides is 1. The predicted molar refractivity (Wildman–Crippen MR) is 87.2 cm³/mol. The maximum atomic E-state index is 12.9. The van der Waals surface area contributed by atoms with E-state index in [1.807, 2.05) is 13.0 Å². The summed E-state index contributed by atoms with van der Waals surface area (Å²) in [6.07, 6.45) is 1.66. The molecule has 0 N–H and O–H groups in total. The fourth-order valence-electron chi connectivity index (χ4n) is 2.53. The van der Waals surface area contributed by atoms with Gasteiger partial charge in [-0.2, -0.15) is 4.31 Å². The van der Waals surface area contributed by atoms with E-state index in [0.717, 1.165) is 24.0 Å². The summed E-state index contributed by atoms with van der Waals surface area (Å²) >= 11 is 9.26. The van der Waals surface area contributed by atoms with Gasteiger partial charge in [-0.1, -0.05) is 6.07 Å². The van der Waals surface area contributed by atoms with Gasteiger partial charge in [0.1, 0.15) is 0 Å². The summed E-state index contributed by atoms with van der Waals surface area (Å²) in [5, 5.41) is 0. The molecule has 1 aliphatic heterocycles. The van der Waals surface area contributed by atoms with E-state index in [4.69, 9.17) is 16.3 Å². The van der Waals surface area contributed by atoms with Crippen molar-refractivity contribution in [2.24, 2.45) is 0 Å². The molecule has 118 valence electrons. The molecule has 1 atom stereocenters. The molecular formula is C14H19BrClNO3S. The Morgan fingerprint density at radius 1 is 1.48 bits per heavy atom. The zero-order chi connectivity index (χ0) is 15.6. The van der Waals surface area contributed by atoms with Crippen LogP contribution in [-0.2, 0) is 20.6 Å². The average molecular weight is 397 g/mol. The van der Waals surface area contributed by atoms with Gasteiger partial charge in [0.15, 0.2) is 0 Å². The molecule has 0 amide bonds. The smallest absolute Gasteiger partial charge is 0.244 e. The summed E-state index contributed by atoms with van der Waals surface area (Å²) < 4.78 is 33.2. The van der Waals surface area contributed by atoms with Crippen molar-refractivity contribution in [3.8, 4) is 0 Å². The summed E-state index contributed by atoms with van der Waals surface area (Å²) in [6.45, 7) is 2.79. The van der Waals surface area contributed by atoms with Gasteiger partial charge in [-0.25, -0.2) is 8.42 Å². The molecule has 0 spiro atoms. The standard InChI is InChI=1S/C14H19BrClNO3S/c1-10-6-11(8-16)7-13(14(10)15)21(18,19)17-5-3-4-12(9-17)20-2/h6-7,12H,3-5,8-9H2,1-2H3. The first-order valence-corrected chi connectivity index (χ1v) is 9.55. The summed E-state index contributed by atoms with van der Waals surface area (Å²) in [7, 11) is -1.92. The van der Waals surface area contributed by atoms with Crippen LogP contribution >= 0.6 is 27.5 Å². The van der Waals surface area contributed by atoms with Crippen molar-refractivity contribution in [3.63, 3.8) is 0 Å². The lowest BCUT2D eigenvalue weighted by Gasteiger charge is -2.31. The number of ether oxygens (including phenoxy) is 1. The first kappa shape index (κ1) is 17.2. The Bertz CT molecular complexity index is 621. The zero-order valence-electron chi connectivity index (χ0n) is 12.1. The van der Waals surface area contributed by atoms with E-state index in [9.17, 15) is 8.42 Å². The van der Waals surface area contributed by atoms with Crippen LogP contribution in [-0.4, -0.2) is 39.0 Å². The highest BCUT2D eigenvalue weighted by Crippen LogP contribution is 2.31. The molecule has 0 saturated carbocycles. The number of benzene rings is 1. The van der Waals surface area contributed by atoms with Crippen molar-refractivity contribution >= 4 is 37.6 Å². The number of methoxy groups -OCH3 is 1. The average Bonchev–Trinajstić information content (AvgIpc) is 2.49. The minimum absolute atomic E-state index is 0.0374. The Kier molecular flexibility index (Phi) is 5.71. The highest BCUT2D eigenvalue weighted by Gasteiger charge is 2.32. The van der Waals surface area contributed by atoms with Crippen molar-refractivity contribution < 1.29 is 13.2 Å². The molecule has 1 saturated heterocycles. The van der Waals surface area contributed by atoms with Gasteiger partial charge in [-0.3, -0.25) is 0 Å². The predicted octanol–water partition coefficient (Wildman–Crippen LogP) is 3.30. The van der Waals surface area contributed by atoms with Crippen LogP contribution in [0.15, 0.2) is 21.5 Å². The third-order valence-electron chi connectivity index (χ3n) is 3.73. The summed E-state index contributed by atoms with van der Waals surface area (Å²) in [5.74, 6) is 0.289. The van der Waals surface area contributed by atoms with Crippen molar-refractivity contribution in [1.29, 1.82) is 0 Å². The van der Waals surface area contributed by atoms with E-state index >= 15 is 0 Å². The Balaban J connectivity index is 2.41. The first-order valence-electron chi connectivity index (χ1n) is 6.78. The van der Waals surface area contributed by atoms with Crippen LogP contribution in [0.25, 0.3) is 0 Å². The number of sulfonamides is 1. The molecule has 0 radical (unpaired) electrons. The van der Waals surface area contributed by atoms with Gasteiger partial charge in [0.25, 0.3) is 0 Å². The molecule has 2 rings (SSSR count). The Hall–Kier alpha value is -0.140. The molecule has 1 aromatic rings. The molecule has 0 bridgehead atoms. The number of piperidine rings is 1. The molecule has 0 aliphatic carbocycles. The van der Waals surface area contributed by atoms with E-state index in [1.54, 1.807) is 13.2 Å². The molecule has 21 heavy (non-hydrogen) atoms. The van der Waals surface area contributed by atoms with E-state index in [2.05, 4.69) is 15.9 Å². The van der Waals surface area contributed by atoms with E-state index in [1.165, 1.54) is 4.31 Å². The fraction of sp³-hybridized carbons (Fsp3) is 0.571. The molecule has 1 fully saturated rings. The summed E-state index contributed by atoms with van der Waals surface area (Å²) in [4.78, 5) is 0.287. The van der Waals surface area contributed by atoms with Crippen LogP contribution in [0.5, 0.6) is 0 Å². The van der Waals surface area contributed by atoms with Gasteiger partial charge < -0.3 is 4.74 Å². The van der Waals surface area contributed by atoms with Gasteiger partial charge in [0.2, 0.25) is 10.0 Å². The Morgan fingerprint density at radius 2 is 2.19 bits per heavy atom. The van der Waals surface area contributed by atoms with Crippen molar-refractivity contribution in [3.05, 3.63) is 27.7 Å². The molecular weight excluding hydrogens is 378 g/mol. The van der Waals surface area contributed by atoms with Crippen molar-refractivity contribution in [1.82, 2.24) is 4.31 Å². The van der Waals surface area contributed by atoms with E-state index in [0.29, 0.717) is 17.6 Å². The molecule has 4 nitrogen and oxygen atoms in total. The van der Waals surface area contributed by atoms with Gasteiger partial charge in [-0.15, -0.1) is 11.6 Å². The Labute approximate surface area is 139 Å². The van der Waals surface area contributed by atoms with Crippen LogP contribution in [0.3, 0.4) is 0 Å². The minimum Gasteiger partial charge on any atom is -0.380 e. The second-order valence-electron chi connectivity index (χ2n) is 5.22. The first-order chi connectivity index (χ1) is 9.90. The highest BCUT2D eigenvalue weighted by atomic mass is 79.9. The molecule has 1 aromatic carbocycles. The normalized spacial score (nSPS) is 20.7. The summed E-state index contributed by atoms with van der Waals surface area (Å²) in [6, 6.07) is 3.54. The van der Waals surface area contributed by atoms with E-state index < -0.39 is 10.0 Å².